The van der Waals surface area contributed by atoms with E-state index in [1.165, 1.54) is 6.33 Å². The number of aromatic nitrogens is 4. The Balaban J connectivity index is 1.78. The van der Waals surface area contributed by atoms with Crippen molar-refractivity contribution in [1.82, 2.24) is 20.1 Å². The van der Waals surface area contributed by atoms with Crippen LogP contribution in [-0.4, -0.2) is 31.2 Å². The molecule has 7 nitrogen and oxygen atoms in total. The molecule has 2 aromatic rings. The Hall–Kier alpha value is -2.31. The summed E-state index contributed by atoms with van der Waals surface area (Å²) in [5.74, 6) is -0.116. The Bertz CT molecular complexity index is 584. The molecule has 0 bridgehead atoms. The van der Waals surface area contributed by atoms with E-state index in [0.717, 1.165) is 6.42 Å². The molecule has 0 aliphatic heterocycles. The molecule has 0 spiro atoms. The summed E-state index contributed by atoms with van der Waals surface area (Å²) in [7, 11) is 0. The molecule has 0 saturated heterocycles. The van der Waals surface area contributed by atoms with Crippen molar-refractivity contribution < 1.29 is 14.4 Å². The summed E-state index contributed by atoms with van der Waals surface area (Å²) in [6.07, 6.45) is 5.00. The normalized spacial score (nSPS) is 22.5. The van der Waals surface area contributed by atoms with Gasteiger partial charge in [0.1, 0.15) is 12.0 Å². The molecule has 1 fully saturated rings. The highest BCUT2D eigenvalue weighted by atomic mass is 16.5. The summed E-state index contributed by atoms with van der Waals surface area (Å²) in [5, 5.41) is 12.9. The third-order valence-corrected chi connectivity index (χ3v) is 3.38. The lowest BCUT2D eigenvalue weighted by atomic mass is 10.1. The van der Waals surface area contributed by atoms with Gasteiger partial charge < -0.3 is 9.63 Å². The second-order valence-corrected chi connectivity index (χ2v) is 4.60. The maximum absolute atomic E-state index is 10.9. The molecule has 1 aliphatic rings. The third-order valence-electron chi connectivity index (χ3n) is 3.38. The first kappa shape index (κ1) is 11.8. The summed E-state index contributed by atoms with van der Waals surface area (Å²) in [6.45, 7) is 0. The van der Waals surface area contributed by atoms with Gasteiger partial charge in [0.25, 0.3) is 0 Å². The number of aliphatic carboxylic acids is 1. The van der Waals surface area contributed by atoms with Gasteiger partial charge in [0, 0.05) is 12.1 Å². The van der Waals surface area contributed by atoms with Crippen LogP contribution in [0.15, 0.2) is 23.1 Å². The van der Waals surface area contributed by atoms with Gasteiger partial charge in [-0.2, -0.15) is 4.98 Å². The fourth-order valence-corrected chi connectivity index (χ4v) is 2.36. The predicted molar refractivity (Wildman–Crippen MR) is 63.0 cm³/mol. The number of carboxylic acids is 1. The van der Waals surface area contributed by atoms with E-state index in [-0.39, 0.29) is 11.8 Å². The summed E-state index contributed by atoms with van der Waals surface area (Å²) < 4.78 is 5.22. The van der Waals surface area contributed by atoms with Crippen LogP contribution in [0.25, 0.3) is 11.5 Å². The van der Waals surface area contributed by atoms with Crippen molar-refractivity contribution in [2.45, 2.75) is 25.2 Å². The molecule has 0 amide bonds. The topological polar surface area (TPSA) is 102 Å². The van der Waals surface area contributed by atoms with E-state index in [4.69, 9.17) is 9.63 Å². The summed E-state index contributed by atoms with van der Waals surface area (Å²) in [5.41, 5.74) is 0.595. The van der Waals surface area contributed by atoms with Crippen molar-refractivity contribution in [3.05, 3.63) is 24.5 Å². The van der Waals surface area contributed by atoms with Crippen molar-refractivity contribution >= 4 is 5.97 Å². The summed E-state index contributed by atoms with van der Waals surface area (Å²) in [6, 6.07) is 1.70. The number of carbonyl (C=O) groups is 1. The number of carboxylic acid groups (broad SMARTS) is 1. The van der Waals surface area contributed by atoms with Crippen LogP contribution in [0.3, 0.4) is 0 Å². The molecular weight excluding hydrogens is 248 g/mol. The quantitative estimate of drug-likeness (QED) is 0.891. The molecule has 1 saturated carbocycles. The molecular formula is C12H12N4O3. The van der Waals surface area contributed by atoms with E-state index < -0.39 is 5.97 Å². The van der Waals surface area contributed by atoms with Gasteiger partial charge in [0.15, 0.2) is 0 Å². The maximum Gasteiger partial charge on any atom is 0.306 e. The zero-order valence-electron chi connectivity index (χ0n) is 10.1. The molecule has 0 aromatic carbocycles. The number of rotatable bonds is 3. The predicted octanol–water partition coefficient (Wildman–Crippen LogP) is 1.49. The van der Waals surface area contributed by atoms with Crippen molar-refractivity contribution in [2.24, 2.45) is 5.92 Å². The van der Waals surface area contributed by atoms with E-state index >= 15 is 0 Å². The van der Waals surface area contributed by atoms with Gasteiger partial charge in [-0.1, -0.05) is 5.16 Å². The first-order valence-electron chi connectivity index (χ1n) is 6.07. The SMILES string of the molecule is O=C(O)C1CCC(c2nc(-c3ccncn3)no2)C1. The Labute approximate surface area is 108 Å². The van der Waals surface area contributed by atoms with E-state index in [1.54, 1.807) is 12.3 Å². The van der Waals surface area contributed by atoms with Crippen LogP contribution >= 0.6 is 0 Å². The second kappa shape index (κ2) is 4.75. The van der Waals surface area contributed by atoms with Gasteiger partial charge in [0.2, 0.25) is 11.7 Å². The Kier molecular flexibility index (Phi) is 2.94. The highest BCUT2D eigenvalue weighted by molar-refractivity contribution is 5.70. The van der Waals surface area contributed by atoms with Gasteiger partial charge in [-0.25, -0.2) is 9.97 Å². The van der Waals surface area contributed by atoms with Crippen LogP contribution in [0.5, 0.6) is 0 Å². The molecule has 2 aromatic heterocycles. The number of hydrogen-bond donors (Lipinski definition) is 1. The smallest absolute Gasteiger partial charge is 0.306 e. The lowest BCUT2D eigenvalue weighted by molar-refractivity contribution is -0.141. The van der Waals surface area contributed by atoms with Gasteiger partial charge in [-0.3, -0.25) is 4.79 Å². The third kappa shape index (κ3) is 2.31. The largest absolute Gasteiger partial charge is 0.481 e. The Morgan fingerprint density at radius 1 is 1.42 bits per heavy atom. The molecule has 7 heteroatoms. The van der Waals surface area contributed by atoms with Crippen LogP contribution in [-0.2, 0) is 4.79 Å². The molecule has 98 valence electrons. The Morgan fingerprint density at radius 2 is 2.32 bits per heavy atom. The monoisotopic (exact) mass is 260 g/mol. The van der Waals surface area contributed by atoms with Crippen LogP contribution in [0, 0.1) is 5.92 Å². The molecule has 2 atom stereocenters. The minimum atomic E-state index is -0.752. The highest BCUT2D eigenvalue weighted by Crippen LogP contribution is 2.37. The van der Waals surface area contributed by atoms with Crippen molar-refractivity contribution in [3.63, 3.8) is 0 Å². The average Bonchev–Trinajstić information content (AvgIpc) is 3.09. The van der Waals surface area contributed by atoms with Crippen molar-refractivity contribution in [1.29, 1.82) is 0 Å². The fourth-order valence-electron chi connectivity index (χ4n) is 2.36. The van der Waals surface area contributed by atoms with Crippen molar-refractivity contribution in [2.75, 3.05) is 0 Å². The Morgan fingerprint density at radius 3 is 3.00 bits per heavy atom. The maximum atomic E-state index is 10.9. The fraction of sp³-hybridized carbons (Fsp3) is 0.417. The van der Waals surface area contributed by atoms with Crippen molar-refractivity contribution in [3.8, 4) is 11.5 Å². The standard InChI is InChI=1S/C12H12N4O3/c17-12(18)8-2-1-7(5-8)11-15-10(16-19-11)9-3-4-13-6-14-9/h3-4,6-8H,1-2,5H2,(H,17,18). The van der Waals surface area contributed by atoms with Crippen LogP contribution in [0.1, 0.15) is 31.1 Å². The summed E-state index contributed by atoms with van der Waals surface area (Å²) >= 11 is 0. The van der Waals surface area contributed by atoms with E-state index in [1.807, 2.05) is 0 Å². The lowest BCUT2D eigenvalue weighted by Gasteiger charge is -2.02. The zero-order chi connectivity index (χ0) is 13.2. The van der Waals surface area contributed by atoms with E-state index in [2.05, 4.69) is 20.1 Å². The molecule has 2 unspecified atom stereocenters. The molecule has 0 radical (unpaired) electrons. The average molecular weight is 260 g/mol. The van der Waals surface area contributed by atoms with E-state index in [9.17, 15) is 4.79 Å². The minimum absolute atomic E-state index is 0.0317. The number of hydrogen-bond acceptors (Lipinski definition) is 6. The van der Waals surface area contributed by atoms with Crippen LogP contribution < -0.4 is 0 Å². The second-order valence-electron chi connectivity index (χ2n) is 4.60. The first-order chi connectivity index (χ1) is 9.24. The van der Waals surface area contributed by atoms with Gasteiger partial charge >= 0.3 is 5.97 Å². The minimum Gasteiger partial charge on any atom is -0.481 e. The summed E-state index contributed by atoms with van der Waals surface area (Å²) in [4.78, 5) is 23.1. The first-order valence-corrected chi connectivity index (χ1v) is 6.07. The zero-order valence-corrected chi connectivity index (χ0v) is 10.1. The highest BCUT2D eigenvalue weighted by Gasteiger charge is 2.33. The van der Waals surface area contributed by atoms with Gasteiger partial charge in [0.05, 0.1) is 5.92 Å². The van der Waals surface area contributed by atoms with Crippen LogP contribution in [0.2, 0.25) is 0 Å². The molecule has 1 aliphatic carbocycles. The molecule has 3 rings (SSSR count). The van der Waals surface area contributed by atoms with E-state index in [0.29, 0.717) is 30.3 Å². The number of nitrogens with zero attached hydrogens (tertiary/aromatic N) is 4. The molecule has 1 N–H and O–H groups in total. The molecule has 19 heavy (non-hydrogen) atoms. The van der Waals surface area contributed by atoms with Gasteiger partial charge in [-0.15, -0.1) is 0 Å². The van der Waals surface area contributed by atoms with Crippen LogP contribution in [0.4, 0.5) is 0 Å². The molecule has 2 heterocycles. The van der Waals surface area contributed by atoms with Gasteiger partial charge in [-0.05, 0) is 25.3 Å². The lowest BCUT2D eigenvalue weighted by Crippen LogP contribution is -2.09.